The zero-order valence-electron chi connectivity index (χ0n) is 19.5. The second-order valence-electron chi connectivity index (χ2n) is 9.27. The van der Waals surface area contributed by atoms with Gasteiger partial charge in [-0.15, -0.1) is 0 Å². The number of piperidine rings is 2. The smallest absolute Gasteiger partial charge is 0.243 e. The van der Waals surface area contributed by atoms with Gasteiger partial charge in [0.05, 0.1) is 16.3 Å². The molecule has 184 valence electrons. The Morgan fingerprint density at radius 3 is 2.49 bits per heavy atom. The lowest BCUT2D eigenvalue weighted by molar-refractivity contribution is -0.120. The Bertz CT molecular complexity index is 1320. The first-order valence-corrected chi connectivity index (χ1v) is 13.6. The van der Waals surface area contributed by atoms with Gasteiger partial charge in [-0.05, 0) is 80.3 Å². The minimum absolute atomic E-state index is 0.0883. The van der Waals surface area contributed by atoms with E-state index in [0.29, 0.717) is 30.2 Å². The predicted molar refractivity (Wildman–Crippen MR) is 134 cm³/mol. The number of anilines is 2. The van der Waals surface area contributed by atoms with Crippen molar-refractivity contribution < 1.29 is 17.6 Å². The Labute approximate surface area is 205 Å². The fraction of sp³-hybridized carbons (Fsp3) is 0.385. The van der Waals surface area contributed by atoms with Crippen LogP contribution in [0.15, 0.2) is 59.5 Å². The molecular weight excluding hydrogens is 467 g/mol. The van der Waals surface area contributed by atoms with E-state index < -0.39 is 10.0 Å². The van der Waals surface area contributed by atoms with Gasteiger partial charge in [0.2, 0.25) is 15.9 Å². The lowest BCUT2D eigenvalue weighted by Gasteiger charge is -2.33. The zero-order chi connectivity index (χ0) is 24.4. The highest BCUT2D eigenvalue weighted by Crippen LogP contribution is 2.28. The van der Waals surface area contributed by atoms with E-state index in [0.717, 1.165) is 55.4 Å². The summed E-state index contributed by atoms with van der Waals surface area (Å²) in [5.41, 5.74) is 1.30. The van der Waals surface area contributed by atoms with Crippen molar-refractivity contribution in [2.24, 2.45) is 5.92 Å². The average molecular weight is 497 g/mol. The number of fused-ring (bicyclic) bond motifs is 1. The van der Waals surface area contributed by atoms with Crippen LogP contribution < -0.4 is 10.2 Å². The minimum atomic E-state index is -3.50. The van der Waals surface area contributed by atoms with E-state index in [1.807, 2.05) is 12.1 Å². The number of benzene rings is 2. The van der Waals surface area contributed by atoms with Crippen LogP contribution >= 0.6 is 0 Å². The van der Waals surface area contributed by atoms with E-state index in [1.165, 1.54) is 12.1 Å². The summed E-state index contributed by atoms with van der Waals surface area (Å²) in [6.45, 7) is 2.47. The van der Waals surface area contributed by atoms with Crippen LogP contribution in [0.1, 0.15) is 32.1 Å². The molecule has 0 unspecified atom stereocenters. The molecule has 0 aliphatic carbocycles. The summed E-state index contributed by atoms with van der Waals surface area (Å²) in [5.74, 6) is 0.131. The monoisotopic (exact) mass is 496 g/mol. The Hall–Kier alpha value is -3.04. The Morgan fingerprint density at radius 2 is 1.71 bits per heavy atom. The summed E-state index contributed by atoms with van der Waals surface area (Å²) >= 11 is 0. The van der Waals surface area contributed by atoms with Gasteiger partial charge in [0, 0.05) is 37.3 Å². The van der Waals surface area contributed by atoms with E-state index in [1.54, 1.807) is 34.6 Å². The second-order valence-corrected chi connectivity index (χ2v) is 11.2. The molecule has 35 heavy (non-hydrogen) atoms. The van der Waals surface area contributed by atoms with Crippen LogP contribution in [0, 0.1) is 11.7 Å². The Balaban J connectivity index is 1.30. The lowest BCUT2D eigenvalue weighted by Crippen LogP contribution is -2.41. The molecule has 2 aliphatic heterocycles. The quantitative estimate of drug-likeness (QED) is 0.566. The summed E-state index contributed by atoms with van der Waals surface area (Å²) in [6, 6.07) is 14.6. The van der Waals surface area contributed by atoms with Crippen LogP contribution in [-0.4, -0.2) is 49.8 Å². The number of pyridine rings is 1. The van der Waals surface area contributed by atoms with Crippen LogP contribution in [0.2, 0.25) is 0 Å². The summed E-state index contributed by atoms with van der Waals surface area (Å²) in [5, 5.41) is 3.65. The molecule has 1 N–H and O–H groups in total. The van der Waals surface area contributed by atoms with Crippen LogP contribution in [0.5, 0.6) is 0 Å². The Kier molecular flexibility index (Phi) is 6.71. The molecule has 2 aliphatic rings. The molecule has 1 atom stereocenters. The van der Waals surface area contributed by atoms with Gasteiger partial charge in [0.25, 0.3) is 0 Å². The first kappa shape index (κ1) is 23.7. The molecule has 2 saturated heterocycles. The molecule has 0 spiro atoms. The van der Waals surface area contributed by atoms with Gasteiger partial charge in [-0.1, -0.05) is 6.42 Å². The number of rotatable bonds is 5. The SMILES string of the molecule is O=C(Nc1ccc(F)cc1)[C@H]1CCCN(c2ccc3cc(S(=O)(=O)N4CCCCC4)ccc3n2)C1. The largest absolute Gasteiger partial charge is 0.356 e. The van der Waals surface area contributed by atoms with Crippen LogP contribution in [0.3, 0.4) is 0 Å². The third-order valence-corrected chi connectivity index (χ3v) is 8.72. The molecule has 3 aromatic rings. The summed E-state index contributed by atoms with van der Waals surface area (Å²) in [7, 11) is -3.50. The maximum atomic E-state index is 13.1. The van der Waals surface area contributed by atoms with Crippen LogP contribution in [-0.2, 0) is 14.8 Å². The van der Waals surface area contributed by atoms with Crippen molar-refractivity contribution in [1.82, 2.24) is 9.29 Å². The van der Waals surface area contributed by atoms with Crippen molar-refractivity contribution in [2.75, 3.05) is 36.4 Å². The van der Waals surface area contributed by atoms with Gasteiger partial charge in [-0.2, -0.15) is 4.31 Å². The zero-order valence-corrected chi connectivity index (χ0v) is 20.3. The number of sulfonamides is 1. The molecule has 3 heterocycles. The first-order chi connectivity index (χ1) is 16.9. The number of carbonyl (C=O) groups is 1. The topological polar surface area (TPSA) is 82.6 Å². The standard InChI is InChI=1S/C26H29FN4O3S/c27-21-7-9-22(10-8-21)28-26(32)20-5-4-14-30(18-20)25-13-6-19-17-23(11-12-24(19)29-25)35(33,34)31-15-2-1-3-16-31/h6-13,17,20H,1-5,14-16,18H2,(H,28,32)/t20-/m0/s1. The summed E-state index contributed by atoms with van der Waals surface area (Å²) in [4.78, 5) is 20.0. The van der Waals surface area contributed by atoms with E-state index in [9.17, 15) is 17.6 Å². The molecule has 0 radical (unpaired) electrons. The summed E-state index contributed by atoms with van der Waals surface area (Å²) in [6.07, 6.45) is 4.50. The molecule has 2 aromatic carbocycles. The molecule has 1 aromatic heterocycles. The first-order valence-electron chi connectivity index (χ1n) is 12.1. The minimum Gasteiger partial charge on any atom is -0.356 e. The fourth-order valence-electron chi connectivity index (χ4n) is 4.86. The van der Waals surface area contributed by atoms with Gasteiger partial charge in [-0.3, -0.25) is 4.79 Å². The van der Waals surface area contributed by atoms with Crippen molar-refractivity contribution in [3.05, 3.63) is 60.4 Å². The van der Waals surface area contributed by atoms with Crippen molar-refractivity contribution in [3.63, 3.8) is 0 Å². The molecule has 0 saturated carbocycles. The number of halogens is 1. The third-order valence-electron chi connectivity index (χ3n) is 6.83. The van der Waals surface area contributed by atoms with Gasteiger partial charge in [-0.25, -0.2) is 17.8 Å². The van der Waals surface area contributed by atoms with E-state index in [4.69, 9.17) is 4.98 Å². The van der Waals surface area contributed by atoms with Crippen LogP contribution in [0.4, 0.5) is 15.9 Å². The number of hydrogen-bond donors (Lipinski definition) is 1. The average Bonchev–Trinajstić information content (AvgIpc) is 2.90. The normalized spacial score (nSPS) is 19.6. The number of hydrogen-bond acceptors (Lipinski definition) is 5. The molecule has 9 heteroatoms. The highest BCUT2D eigenvalue weighted by Gasteiger charge is 2.28. The molecule has 0 bridgehead atoms. The van der Waals surface area contributed by atoms with Crippen molar-refractivity contribution >= 4 is 38.3 Å². The number of amides is 1. The molecular formula is C26H29FN4O3S. The van der Waals surface area contributed by atoms with Crippen molar-refractivity contribution in [3.8, 4) is 0 Å². The highest BCUT2D eigenvalue weighted by molar-refractivity contribution is 7.89. The van der Waals surface area contributed by atoms with Gasteiger partial charge in [0.1, 0.15) is 11.6 Å². The van der Waals surface area contributed by atoms with Crippen molar-refractivity contribution in [2.45, 2.75) is 37.0 Å². The van der Waals surface area contributed by atoms with E-state index in [-0.39, 0.29) is 17.6 Å². The number of carbonyl (C=O) groups excluding carboxylic acids is 1. The Morgan fingerprint density at radius 1 is 0.943 bits per heavy atom. The van der Waals surface area contributed by atoms with Gasteiger partial charge < -0.3 is 10.2 Å². The van der Waals surface area contributed by atoms with E-state index in [2.05, 4.69) is 10.2 Å². The molecule has 5 rings (SSSR count). The maximum Gasteiger partial charge on any atom is 0.243 e. The lowest BCUT2D eigenvalue weighted by atomic mass is 9.97. The summed E-state index contributed by atoms with van der Waals surface area (Å²) < 4.78 is 40.8. The van der Waals surface area contributed by atoms with E-state index >= 15 is 0 Å². The predicted octanol–water partition coefficient (Wildman–Crippen LogP) is 4.40. The van der Waals surface area contributed by atoms with Gasteiger partial charge >= 0.3 is 0 Å². The molecule has 7 nitrogen and oxygen atoms in total. The third kappa shape index (κ3) is 5.16. The highest BCUT2D eigenvalue weighted by atomic mass is 32.2. The number of nitrogens with one attached hydrogen (secondary N) is 1. The number of aromatic nitrogens is 1. The maximum absolute atomic E-state index is 13.1. The van der Waals surface area contributed by atoms with Gasteiger partial charge in [0.15, 0.2) is 0 Å². The molecule has 2 fully saturated rings. The van der Waals surface area contributed by atoms with Crippen LogP contribution in [0.25, 0.3) is 10.9 Å². The fourth-order valence-corrected chi connectivity index (χ4v) is 6.41. The van der Waals surface area contributed by atoms with Crippen molar-refractivity contribution in [1.29, 1.82) is 0 Å². The molecule has 1 amide bonds. The number of nitrogens with zero attached hydrogens (tertiary/aromatic N) is 3. The second kappa shape index (κ2) is 9.91.